The van der Waals surface area contributed by atoms with Crippen LogP contribution in [0.15, 0.2) is 24.3 Å². The van der Waals surface area contributed by atoms with Crippen LogP contribution in [0.3, 0.4) is 0 Å². The van der Waals surface area contributed by atoms with E-state index >= 15 is 0 Å². The van der Waals surface area contributed by atoms with Crippen LogP contribution in [-0.4, -0.2) is 29.6 Å². The zero-order chi connectivity index (χ0) is 16.9. The molecule has 2 amide bonds. The van der Waals surface area contributed by atoms with Crippen LogP contribution < -0.4 is 11.1 Å². The van der Waals surface area contributed by atoms with Gasteiger partial charge in [0.25, 0.3) is 5.91 Å². The highest BCUT2D eigenvalue weighted by atomic mass is 16.5. The van der Waals surface area contributed by atoms with Gasteiger partial charge in [0.2, 0.25) is 5.91 Å². The number of hydrogen-bond donors (Lipinski definition) is 2. The molecule has 118 valence electrons. The minimum Gasteiger partial charge on any atom is -0.370 e. The van der Waals surface area contributed by atoms with E-state index in [0.717, 1.165) is 0 Å². The first-order valence-electron chi connectivity index (χ1n) is 6.98. The topological polar surface area (TPSA) is 81.4 Å². The van der Waals surface area contributed by atoms with Crippen molar-refractivity contribution in [1.82, 2.24) is 5.32 Å². The zero-order valence-corrected chi connectivity index (χ0v) is 13.3. The Labute approximate surface area is 131 Å². The first kappa shape index (κ1) is 17.7. The minimum atomic E-state index is -0.918. The Kier molecular flexibility index (Phi) is 5.72. The Balaban J connectivity index is 2.84. The van der Waals surface area contributed by atoms with Gasteiger partial charge >= 0.3 is 0 Å². The highest BCUT2D eigenvalue weighted by Gasteiger charge is 2.29. The van der Waals surface area contributed by atoms with Gasteiger partial charge in [0.1, 0.15) is 6.04 Å². The highest BCUT2D eigenvalue weighted by molar-refractivity contribution is 5.97. The molecule has 0 aliphatic carbocycles. The van der Waals surface area contributed by atoms with Gasteiger partial charge in [-0.3, -0.25) is 9.59 Å². The smallest absolute Gasteiger partial charge is 0.252 e. The van der Waals surface area contributed by atoms with Crippen LogP contribution >= 0.6 is 0 Å². The molecular formula is C17H22N2O3. The normalized spacial score (nSPS) is 13.8. The minimum absolute atomic E-state index is 0.396. The van der Waals surface area contributed by atoms with Crippen LogP contribution in [0.25, 0.3) is 0 Å². The molecule has 1 rings (SSSR count). The van der Waals surface area contributed by atoms with Crippen LogP contribution in [0, 0.1) is 12.3 Å². The van der Waals surface area contributed by atoms with Crippen molar-refractivity contribution in [2.75, 3.05) is 0 Å². The largest absolute Gasteiger partial charge is 0.370 e. The number of nitrogens with two attached hydrogens (primary N) is 1. The summed E-state index contributed by atoms with van der Waals surface area (Å²) in [5.41, 5.74) is 5.99. The van der Waals surface area contributed by atoms with E-state index in [9.17, 15) is 9.59 Å². The van der Waals surface area contributed by atoms with Gasteiger partial charge < -0.3 is 15.8 Å². The summed E-state index contributed by atoms with van der Waals surface area (Å²) < 4.78 is 5.69. The average Bonchev–Trinajstić information content (AvgIpc) is 2.42. The van der Waals surface area contributed by atoms with E-state index in [0.29, 0.717) is 11.1 Å². The molecule has 0 spiro atoms. The second-order valence-electron chi connectivity index (χ2n) is 6.01. The third kappa shape index (κ3) is 5.23. The summed E-state index contributed by atoms with van der Waals surface area (Å²) >= 11 is 0. The van der Waals surface area contributed by atoms with E-state index in [1.54, 1.807) is 31.2 Å². The predicted molar refractivity (Wildman–Crippen MR) is 85.1 cm³/mol. The Morgan fingerprint density at radius 2 is 1.82 bits per heavy atom. The Morgan fingerprint density at radius 3 is 2.23 bits per heavy atom. The molecule has 2 atom stereocenters. The number of amides is 2. The monoisotopic (exact) mass is 302 g/mol. The zero-order valence-electron chi connectivity index (χ0n) is 13.3. The summed E-state index contributed by atoms with van der Waals surface area (Å²) in [4.78, 5) is 23.8. The molecule has 0 aliphatic heterocycles. The Morgan fingerprint density at radius 1 is 1.27 bits per heavy atom. The van der Waals surface area contributed by atoms with E-state index in [4.69, 9.17) is 16.9 Å². The van der Waals surface area contributed by atoms with Crippen molar-refractivity contribution in [3.05, 3.63) is 35.4 Å². The molecule has 0 radical (unpaired) electrons. The summed E-state index contributed by atoms with van der Waals surface area (Å²) in [7, 11) is 0. The van der Waals surface area contributed by atoms with Crippen LogP contribution in [-0.2, 0) is 9.53 Å². The molecule has 0 aromatic heterocycles. The van der Waals surface area contributed by atoms with Gasteiger partial charge in [0.15, 0.2) is 0 Å². The average molecular weight is 302 g/mol. The van der Waals surface area contributed by atoms with Crippen molar-refractivity contribution in [1.29, 1.82) is 0 Å². The third-order valence-corrected chi connectivity index (χ3v) is 2.92. The molecule has 1 aromatic rings. The van der Waals surface area contributed by atoms with Gasteiger partial charge in [-0.1, -0.05) is 5.92 Å². The molecule has 0 bridgehead atoms. The predicted octanol–water partition coefficient (Wildman–Crippen LogP) is 1.46. The molecule has 5 nitrogen and oxygen atoms in total. The van der Waals surface area contributed by atoms with Crippen molar-refractivity contribution in [2.45, 2.75) is 45.4 Å². The maximum atomic E-state index is 12.2. The van der Waals surface area contributed by atoms with Crippen LogP contribution in [0.2, 0.25) is 0 Å². The molecule has 1 aromatic carbocycles. The van der Waals surface area contributed by atoms with Gasteiger partial charge in [0.05, 0.1) is 11.7 Å². The van der Waals surface area contributed by atoms with Crippen molar-refractivity contribution >= 4 is 11.8 Å². The lowest BCUT2D eigenvalue weighted by molar-refractivity contribution is -0.127. The number of carbonyl (C=O) groups is 2. The summed E-state index contributed by atoms with van der Waals surface area (Å²) in [6, 6.07) is 5.58. The number of hydrogen-bond acceptors (Lipinski definition) is 3. The van der Waals surface area contributed by atoms with E-state index in [1.165, 1.54) is 0 Å². The number of ether oxygens (including phenoxy) is 1. The molecule has 0 saturated heterocycles. The molecule has 0 saturated carbocycles. The summed E-state index contributed by atoms with van der Waals surface area (Å²) in [5.74, 6) is 1.42. The Bertz CT molecular complexity index is 579. The van der Waals surface area contributed by atoms with Gasteiger partial charge in [-0.25, -0.2) is 0 Å². The third-order valence-electron chi connectivity index (χ3n) is 2.92. The maximum absolute atomic E-state index is 12.2. The maximum Gasteiger partial charge on any atom is 0.252 e. The molecule has 22 heavy (non-hydrogen) atoms. The SMILES string of the molecule is C#Cc1ccc(C(=O)NC(C(N)=O)C(C)OC(C)(C)C)cc1. The molecule has 0 heterocycles. The van der Waals surface area contributed by atoms with Gasteiger partial charge in [-0.05, 0) is 52.0 Å². The lowest BCUT2D eigenvalue weighted by atomic mass is 10.1. The van der Waals surface area contributed by atoms with Crippen molar-refractivity contribution in [3.8, 4) is 12.3 Å². The van der Waals surface area contributed by atoms with Gasteiger partial charge in [-0.15, -0.1) is 6.42 Å². The van der Waals surface area contributed by atoms with Crippen LogP contribution in [0.1, 0.15) is 43.6 Å². The summed E-state index contributed by atoms with van der Waals surface area (Å²) in [6.07, 6.45) is 4.72. The van der Waals surface area contributed by atoms with Crippen LogP contribution in [0.5, 0.6) is 0 Å². The standard InChI is InChI=1S/C17H22N2O3/c1-6-12-7-9-13(10-8-12)16(21)19-14(15(18)20)11(2)22-17(3,4)5/h1,7-11,14H,2-5H3,(H2,18,20)(H,19,21). The van der Waals surface area contributed by atoms with Gasteiger partial charge in [-0.2, -0.15) is 0 Å². The number of benzene rings is 1. The first-order chi connectivity index (χ1) is 10.1. The molecule has 0 aliphatic rings. The molecular weight excluding hydrogens is 280 g/mol. The molecule has 3 N–H and O–H groups in total. The van der Waals surface area contributed by atoms with E-state index < -0.39 is 29.6 Å². The second-order valence-corrected chi connectivity index (χ2v) is 6.01. The summed E-state index contributed by atoms with van der Waals surface area (Å²) in [5, 5.41) is 2.60. The molecule has 2 unspecified atom stereocenters. The first-order valence-corrected chi connectivity index (χ1v) is 6.98. The quantitative estimate of drug-likeness (QED) is 0.808. The lowest BCUT2D eigenvalue weighted by Gasteiger charge is -2.29. The number of nitrogens with one attached hydrogen (secondary N) is 1. The fraction of sp³-hybridized carbons (Fsp3) is 0.412. The number of terminal acetylenes is 1. The van der Waals surface area contributed by atoms with Crippen molar-refractivity contribution < 1.29 is 14.3 Å². The van der Waals surface area contributed by atoms with Gasteiger partial charge in [0, 0.05) is 11.1 Å². The van der Waals surface area contributed by atoms with Crippen molar-refractivity contribution in [3.63, 3.8) is 0 Å². The van der Waals surface area contributed by atoms with E-state index in [2.05, 4.69) is 11.2 Å². The number of carbonyl (C=O) groups excluding carboxylic acids is 2. The summed E-state index contributed by atoms with van der Waals surface area (Å²) in [6.45, 7) is 7.29. The van der Waals surface area contributed by atoms with Crippen LogP contribution in [0.4, 0.5) is 0 Å². The molecule has 5 heteroatoms. The fourth-order valence-electron chi connectivity index (χ4n) is 1.99. The fourth-order valence-corrected chi connectivity index (χ4v) is 1.99. The second kappa shape index (κ2) is 7.10. The van der Waals surface area contributed by atoms with Crippen molar-refractivity contribution in [2.24, 2.45) is 5.73 Å². The number of primary amides is 1. The van der Waals surface area contributed by atoms with E-state index in [1.807, 2.05) is 20.8 Å². The number of rotatable bonds is 5. The highest BCUT2D eigenvalue weighted by Crippen LogP contribution is 2.13. The molecule has 0 fully saturated rings. The Hall–Kier alpha value is -2.32. The lowest BCUT2D eigenvalue weighted by Crippen LogP contribution is -2.53. The van der Waals surface area contributed by atoms with E-state index in [-0.39, 0.29) is 0 Å².